The van der Waals surface area contributed by atoms with Crippen LogP contribution in [0.25, 0.3) is 10.6 Å². The van der Waals surface area contributed by atoms with Gasteiger partial charge >= 0.3 is 0 Å². The number of hydrogen-bond acceptors (Lipinski definition) is 5. The zero-order valence-corrected chi connectivity index (χ0v) is 13.8. The van der Waals surface area contributed by atoms with Crippen molar-refractivity contribution in [3.05, 3.63) is 35.1 Å². The van der Waals surface area contributed by atoms with E-state index >= 15 is 0 Å². The molecule has 0 aromatic carbocycles. The van der Waals surface area contributed by atoms with Gasteiger partial charge in [0.05, 0.1) is 11.4 Å². The molecule has 0 amide bonds. The summed E-state index contributed by atoms with van der Waals surface area (Å²) in [5.41, 5.74) is 2.00. The maximum Gasteiger partial charge on any atom is 0.211 e. The third kappa shape index (κ3) is 4.59. The molecule has 5 nitrogen and oxygen atoms in total. The maximum atomic E-state index is 11.6. The Bertz CT molecular complexity index is 681. The molecule has 0 radical (unpaired) electrons. The van der Waals surface area contributed by atoms with Crippen LogP contribution in [-0.2, 0) is 16.4 Å². The van der Waals surface area contributed by atoms with E-state index in [1.807, 2.05) is 26.0 Å². The van der Waals surface area contributed by atoms with E-state index in [9.17, 15) is 8.42 Å². The second kappa shape index (κ2) is 7.11. The van der Waals surface area contributed by atoms with Gasteiger partial charge in [-0.15, -0.1) is 11.3 Å². The number of thiazole rings is 1. The fourth-order valence-electron chi connectivity index (χ4n) is 1.94. The second-order valence-corrected chi connectivity index (χ2v) is 7.74. The summed E-state index contributed by atoms with van der Waals surface area (Å²) in [6.07, 6.45) is 4.77. The predicted octanol–water partition coefficient (Wildman–Crippen LogP) is 2.39. The number of pyridine rings is 1. The van der Waals surface area contributed by atoms with Gasteiger partial charge in [-0.1, -0.05) is 6.92 Å². The molecule has 2 rings (SSSR count). The minimum atomic E-state index is -3.13. The van der Waals surface area contributed by atoms with Crippen LogP contribution in [-0.4, -0.2) is 30.7 Å². The van der Waals surface area contributed by atoms with Crippen LogP contribution in [0, 0.1) is 6.92 Å². The quantitative estimate of drug-likeness (QED) is 0.848. The van der Waals surface area contributed by atoms with Crippen molar-refractivity contribution in [3.8, 4) is 10.6 Å². The van der Waals surface area contributed by atoms with E-state index in [1.54, 1.807) is 23.7 Å². The largest absolute Gasteiger partial charge is 0.265 e. The summed E-state index contributed by atoms with van der Waals surface area (Å²) in [7, 11) is -3.13. The molecule has 0 aliphatic rings. The van der Waals surface area contributed by atoms with Crippen molar-refractivity contribution in [2.24, 2.45) is 0 Å². The van der Waals surface area contributed by atoms with Crippen molar-refractivity contribution in [1.82, 2.24) is 14.7 Å². The fraction of sp³-hybridized carbons (Fsp3) is 0.429. The van der Waals surface area contributed by atoms with Gasteiger partial charge in [0.1, 0.15) is 5.01 Å². The summed E-state index contributed by atoms with van der Waals surface area (Å²) >= 11 is 1.60. The Morgan fingerprint density at radius 1 is 1.29 bits per heavy atom. The Kier molecular flexibility index (Phi) is 5.44. The highest BCUT2D eigenvalue weighted by molar-refractivity contribution is 7.89. The van der Waals surface area contributed by atoms with Crippen LogP contribution in [0.4, 0.5) is 0 Å². The van der Waals surface area contributed by atoms with Gasteiger partial charge in [-0.2, -0.15) is 0 Å². The van der Waals surface area contributed by atoms with Crippen LogP contribution >= 0.6 is 11.3 Å². The summed E-state index contributed by atoms with van der Waals surface area (Å²) in [6, 6.07) is 3.85. The van der Waals surface area contributed by atoms with E-state index in [-0.39, 0.29) is 5.75 Å². The molecular weight excluding hydrogens is 306 g/mol. The van der Waals surface area contributed by atoms with Crippen LogP contribution in [0.5, 0.6) is 0 Å². The third-order valence-electron chi connectivity index (χ3n) is 2.97. The molecular formula is C14H19N3O2S2. The molecule has 0 atom stereocenters. The average molecular weight is 325 g/mol. The Balaban J connectivity index is 2.01. The topological polar surface area (TPSA) is 72.0 Å². The normalized spacial score (nSPS) is 11.7. The van der Waals surface area contributed by atoms with Gasteiger partial charge < -0.3 is 0 Å². The summed E-state index contributed by atoms with van der Waals surface area (Å²) in [5.74, 6) is 0.178. The molecule has 7 heteroatoms. The van der Waals surface area contributed by atoms with Gasteiger partial charge in [0.25, 0.3) is 0 Å². The molecule has 2 heterocycles. The van der Waals surface area contributed by atoms with Crippen LogP contribution < -0.4 is 4.72 Å². The summed E-state index contributed by atoms with van der Waals surface area (Å²) < 4.78 is 25.8. The minimum Gasteiger partial charge on any atom is -0.265 e. The van der Waals surface area contributed by atoms with E-state index in [2.05, 4.69) is 14.7 Å². The third-order valence-corrected chi connectivity index (χ3v) is 5.82. The molecule has 0 bridgehead atoms. The van der Waals surface area contributed by atoms with Crippen molar-refractivity contribution in [2.45, 2.75) is 26.7 Å². The van der Waals surface area contributed by atoms with Gasteiger partial charge in [-0.05, 0) is 31.9 Å². The van der Waals surface area contributed by atoms with Gasteiger partial charge in [0.2, 0.25) is 10.0 Å². The highest BCUT2D eigenvalue weighted by Crippen LogP contribution is 2.27. The molecule has 114 valence electrons. The molecule has 21 heavy (non-hydrogen) atoms. The molecule has 0 saturated heterocycles. The van der Waals surface area contributed by atoms with E-state index in [0.29, 0.717) is 19.4 Å². The summed E-state index contributed by atoms with van der Waals surface area (Å²) in [5, 5.41) is 0.946. The number of rotatable bonds is 7. The lowest BCUT2D eigenvalue weighted by atomic mass is 10.3. The summed E-state index contributed by atoms with van der Waals surface area (Å²) in [6.45, 7) is 4.23. The second-order valence-electron chi connectivity index (χ2n) is 4.73. The first-order valence-corrected chi connectivity index (χ1v) is 9.32. The van der Waals surface area contributed by atoms with Crippen LogP contribution in [0.3, 0.4) is 0 Å². The van der Waals surface area contributed by atoms with E-state index < -0.39 is 10.0 Å². The monoisotopic (exact) mass is 325 g/mol. The smallest absolute Gasteiger partial charge is 0.211 e. The SMILES string of the molecule is CCCS(=O)(=O)NCCc1sc(-c2ccncc2)nc1C. The molecule has 0 spiro atoms. The standard InChI is InChI=1S/C14H19N3O2S2/c1-3-10-21(18,19)16-9-6-13-11(2)17-14(20-13)12-4-7-15-8-5-12/h4-5,7-8,16H,3,6,9-10H2,1-2H3. The molecule has 2 aromatic heterocycles. The molecule has 1 N–H and O–H groups in total. The number of nitrogens with zero attached hydrogens (tertiary/aromatic N) is 2. The van der Waals surface area contributed by atoms with Crippen LogP contribution in [0.1, 0.15) is 23.9 Å². The zero-order valence-electron chi connectivity index (χ0n) is 12.2. The van der Waals surface area contributed by atoms with Crippen molar-refractivity contribution in [2.75, 3.05) is 12.3 Å². The zero-order chi connectivity index (χ0) is 15.3. The molecule has 0 aliphatic heterocycles. The summed E-state index contributed by atoms with van der Waals surface area (Å²) in [4.78, 5) is 9.65. The Morgan fingerprint density at radius 2 is 2.00 bits per heavy atom. The van der Waals surface area contributed by atoms with Gasteiger partial charge in [0, 0.05) is 29.4 Å². The Hall–Kier alpha value is -1.31. The van der Waals surface area contributed by atoms with Crippen molar-refractivity contribution in [1.29, 1.82) is 0 Å². The first-order chi connectivity index (χ1) is 10.0. The number of aryl methyl sites for hydroxylation is 1. The predicted molar refractivity (Wildman–Crippen MR) is 85.9 cm³/mol. The highest BCUT2D eigenvalue weighted by Gasteiger charge is 2.11. The Labute approximate surface area is 129 Å². The van der Waals surface area contributed by atoms with Crippen molar-refractivity contribution < 1.29 is 8.42 Å². The highest BCUT2D eigenvalue weighted by atomic mass is 32.2. The minimum absolute atomic E-state index is 0.178. The molecule has 0 saturated carbocycles. The maximum absolute atomic E-state index is 11.6. The lowest BCUT2D eigenvalue weighted by molar-refractivity contribution is 0.580. The average Bonchev–Trinajstić information content (AvgIpc) is 2.81. The number of nitrogens with one attached hydrogen (secondary N) is 1. The molecule has 2 aromatic rings. The first kappa shape index (κ1) is 16.1. The van der Waals surface area contributed by atoms with Crippen LogP contribution in [0.2, 0.25) is 0 Å². The van der Waals surface area contributed by atoms with Crippen molar-refractivity contribution in [3.63, 3.8) is 0 Å². The number of aromatic nitrogens is 2. The van der Waals surface area contributed by atoms with E-state index in [1.165, 1.54) is 0 Å². The number of hydrogen-bond donors (Lipinski definition) is 1. The lowest BCUT2D eigenvalue weighted by Gasteiger charge is -2.04. The molecule has 0 unspecified atom stereocenters. The molecule has 0 aliphatic carbocycles. The first-order valence-electron chi connectivity index (χ1n) is 6.86. The van der Waals surface area contributed by atoms with E-state index in [4.69, 9.17) is 0 Å². The fourth-order valence-corrected chi connectivity index (χ4v) is 4.10. The molecule has 0 fully saturated rings. The van der Waals surface area contributed by atoms with Crippen LogP contribution in [0.15, 0.2) is 24.5 Å². The van der Waals surface area contributed by atoms with Gasteiger partial charge in [0.15, 0.2) is 0 Å². The van der Waals surface area contributed by atoms with Gasteiger partial charge in [-0.25, -0.2) is 18.1 Å². The Morgan fingerprint density at radius 3 is 2.67 bits per heavy atom. The number of sulfonamides is 1. The van der Waals surface area contributed by atoms with Gasteiger partial charge in [-0.3, -0.25) is 4.98 Å². The lowest BCUT2D eigenvalue weighted by Crippen LogP contribution is -2.28. The van der Waals surface area contributed by atoms with Crippen molar-refractivity contribution >= 4 is 21.4 Å². The van der Waals surface area contributed by atoms with E-state index in [0.717, 1.165) is 21.1 Å².